The highest BCUT2D eigenvalue weighted by Crippen LogP contribution is 2.30. The summed E-state index contributed by atoms with van der Waals surface area (Å²) in [5.74, 6) is -0.655. The van der Waals surface area contributed by atoms with E-state index >= 15 is 0 Å². The van der Waals surface area contributed by atoms with Crippen molar-refractivity contribution in [1.29, 1.82) is 0 Å². The molecule has 2 heterocycles. The SMILES string of the molecule is Cc1nn([C@@H]2CCS(=O)(=O)C2)c(C)c1S(=O)(=O)Nc1ccc(F)c(Cl)c1. The molecule has 1 atom stereocenters. The van der Waals surface area contributed by atoms with Crippen LogP contribution in [0.15, 0.2) is 23.1 Å². The van der Waals surface area contributed by atoms with Gasteiger partial charge < -0.3 is 0 Å². The lowest BCUT2D eigenvalue weighted by atomic mass is 10.2. The topological polar surface area (TPSA) is 98.1 Å². The lowest BCUT2D eigenvalue weighted by molar-refractivity contribution is 0.484. The molecule has 0 radical (unpaired) electrons. The maximum atomic E-state index is 13.2. The third-order valence-corrected chi connectivity index (χ3v) is 7.93. The van der Waals surface area contributed by atoms with Crippen LogP contribution in [-0.2, 0) is 19.9 Å². The molecular formula is C15H17ClFN3O4S2. The van der Waals surface area contributed by atoms with Crippen molar-refractivity contribution in [3.63, 3.8) is 0 Å². The molecular weight excluding hydrogens is 405 g/mol. The summed E-state index contributed by atoms with van der Waals surface area (Å²) in [7, 11) is -7.14. The fourth-order valence-electron chi connectivity index (χ4n) is 3.13. The van der Waals surface area contributed by atoms with Crippen LogP contribution in [-0.4, -0.2) is 38.1 Å². The molecule has 1 aromatic carbocycles. The van der Waals surface area contributed by atoms with E-state index in [2.05, 4.69) is 9.82 Å². The van der Waals surface area contributed by atoms with Crippen molar-refractivity contribution in [3.05, 3.63) is 40.4 Å². The van der Waals surface area contributed by atoms with E-state index in [-0.39, 0.29) is 38.8 Å². The van der Waals surface area contributed by atoms with Crippen LogP contribution in [0.3, 0.4) is 0 Å². The van der Waals surface area contributed by atoms with Gasteiger partial charge in [0.05, 0.1) is 39.6 Å². The Morgan fingerprint density at radius 2 is 2.04 bits per heavy atom. The van der Waals surface area contributed by atoms with Crippen LogP contribution in [0.4, 0.5) is 10.1 Å². The van der Waals surface area contributed by atoms with Gasteiger partial charge >= 0.3 is 0 Å². The highest BCUT2D eigenvalue weighted by atomic mass is 35.5. The molecule has 1 aromatic heterocycles. The predicted octanol–water partition coefficient (Wildman–Crippen LogP) is 2.45. The largest absolute Gasteiger partial charge is 0.279 e. The third kappa shape index (κ3) is 3.58. The summed E-state index contributed by atoms with van der Waals surface area (Å²) in [6.07, 6.45) is 0.394. The second-order valence-electron chi connectivity index (χ2n) is 6.24. The minimum atomic E-state index is -4.01. The Balaban J connectivity index is 1.96. The van der Waals surface area contributed by atoms with Gasteiger partial charge in [0.25, 0.3) is 10.0 Å². The summed E-state index contributed by atoms with van der Waals surface area (Å²) in [6, 6.07) is 3.11. The molecule has 0 bridgehead atoms. The summed E-state index contributed by atoms with van der Waals surface area (Å²) in [5, 5.41) is 4.04. The number of benzene rings is 1. The Bertz CT molecular complexity index is 1080. The first kappa shape index (κ1) is 19.1. The van der Waals surface area contributed by atoms with E-state index in [0.717, 1.165) is 6.07 Å². The van der Waals surface area contributed by atoms with Gasteiger partial charge in [0.1, 0.15) is 10.7 Å². The van der Waals surface area contributed by atoms with Crippen LogP contribution < -0.4 is 4.72 Å². The first-order chi connectivity index (χ1) is 12.0. The summed E-state index contributed by atoms with van der Waals surface area (Å²) >= 11 is 5.69. The Hall–Kier alpha value is -1.65. The summed E-state index contributed by atoms with van der Waals surface area (Å²) in [6.45, 7) is 3.12. The molecule has 1 saturated heterocycles. The number of halogens is 2. The van der Waals surface area contributed by atoms with E-state index in [0.29, 0.717) is 12.1 Å². The Kier molecular flexibility index (Phi) is 4.78. The maximum absolute atomic E-state index is 13.2. The van der Waals surface area contributed by atoms with E-state index in [9.17, 15) is 21.2 Å². The molecule has 3 rings (SSSR count). The number of hydrogen-bond acceptors (Lipinski definition) is 5. The van der Waals surface area contributed by atoms with Gasteiger partial charge in [-0.25, -0.2) is 21.2 Å². The zero-order chi connectivity index (χ0) is 19.3. The maximum Gasteiger partial charge on any atom is 0.265 e. The number of aromatic nitrogens is 2. The van der Waals surface area contributed by atoms with Crippen molar-refractivity contribution in [3.8, 4) is 0 Å². The van der Waals surface area contributed by atoms with Crippen molar-refractivity contribution in [2.75, 3.05) is 16.2 Å². The molecule has 1 aliphatic rings. The Labute approximate surface area is 156 Å². The zero-order valence-corrected chi connectivity index (χ0v) is 16.4. The van der Waals surface area contributed by atoms with Crippen LogP contribution in [0.5, 0.6) is 0 Å². The summed E-state index contributed by atoms with van der Waals surface area (Å²) < 4.78 is 66.0. The fourth-order valence-corrected chi connectivity index (χ4v) is 6.45. The van der Waals surface area contributed by atoms with Crippen molar-refractivity contribution < 1.29 is 21.2 Å². The molecule has 0 unspecified atom stereocenters. The van der Waals surface area contributed by atoms with Gasteiger partial charge in [0, 0.05) is 0 Å². The molecule has 0 spiro atoms. The summed E-state index contributed by atoms with van der Waals surface area (Å²) in [4.78, 5) is -0.0257. The molecule has 2 aromatic rings. The first-order valence-corrected chi connectivity index (χ1v) is 11.4. The molecule has 26 heavy (non-hydrogen) atoms. The van der Waals surface area contributed by atoms with Crippen LogP contribution in [0.2, 0.25) is 5.02 Å². The van der Waals surface area contributed by atoms with Gasteiger partial charge in [-0.05, 0) is 38.5 Å². The fraction of sp³-hybridized carbons (Fsp3) is 0.400. The first-order valence-electron chi connectivity index (χ1n) is 7.74. The number of sulfone groups is 1. The van der Waals surface area contributed by atoms with Gasteiger partial charge in [0.2, 0.25) is 0 Å². The van der Waals surface area contributed by atoms with E-state index < -0.39 is 25.7 Å². The van der Waals surface area contributed by atoms with Crippen molar-refractivity contribution >= 4 is 37.1 Å². The van der Waals surface area contributed by atoms with E-state index in [4.69, 9.17) is 11.6 Å². The van der Waals surface area contributed by atoms with Crippen LogP contribution >= 0.6 is 11.6 Å². The number of hydrogen-bond donors (Lipinski definition) is 1. The molecule has 142 valence electrons. The van der Waals surface area contributed by atoms with Gasteiger partial charge in [-0.15, -0.1) is 0 Å². The van der Waals surface area contributed by atoms with Gasteiger partial charge in [-0.1, -0.05) is 11.6 Å². The molecule has 0 aliphatic carbocycles. The van der Waals surface area contributed by atoms with Crippen LogP contribution in [0, 0.1) is 19.7 Å². The number of rotatable bonds is 4. The quantitative estimate of drug-likeness (QED) is 0.817. The standard InChI is InChI=1S/C15H17ClFN3O4S2/c1-9-15(10(2)20(18-9)12-5-6-25(21,22)8-12)26(23,24)19-11-3-4-14(17)13(16)7-11/h3-4,7,12,19H,5-6,8H2,1-2H3/t12-/m1/s1. The molecule has 1 fully saturated rings. The Morgan fingerprint density at radius 1 is 1.35 bits per heavy atom. The molecule has 0 saturated carbocycles. The molecule has 0 amide bonds. The molecule has 11 heteroatoms. The smallest absolute Gasteiger partial charge is 0.265 e. The molecule has 7 nitrogen and oxygen atoms in total. The lowest BCUT2D eigenvalue weighted by Gasteiger charge is -2.12. The highest BCUT2D eigenvalue weighted by molar-refractivity contribution is 7.92. The van der Waals surface area contributed by atoms with Gasteiger partial charge in [-0.3, -0.25) is 9.40 Å². The van der Waals surface area contributed by atoms with Crippen LogP contribution in [0.1, 0.15) is 23.9 Å². The average Bonchev–Trinajstić information content (AvgIpc) is 3.02. The average molecular weight is 422 g/mol. The minimum absolute atomic E-state index is 0.0257. The summed E-state index contributed by atoms with van der Waals surface area (Å²) in [5.41, 5.74) is 0.726. The van der Waals surface area contributed by atoms with E-state index in [1.54, 1.807) is 13.8 Å². The number of sulfonamides is 1. The van der Waals surface area contributed by atoms with Crippen molar-refractivity contribution in [2.24, 2.45) is 0 Å². The second-order valence-corrected chi connectivity index (χ2v) is 10.5. The predicted molar refractivity (Wildman–Crippen MR) is 96.2 cm³/mol. The van der Waals surface area contributed by atoms with Crippen molar-refractivity contribution in [2.45, 2.75) is 31.2 Å². The monoisotopic (exact) mass is 421 g/mol. The minimum Gasteiger partial charge on any atom is -0.279 e. The number of aryl methyl sites for hydroxylation is 1. The highest BCUT2D eigenvalue weighted by Gasteiger charge is 2.33. The van der Waals surface area contributed by atoms with Crippen LogP contribution in [0.25, 0.3) is 0 Å². The number of nitrogens with zero attached hydrogens (tertiary/aromatic N) is 2. The normalized spacial score (nSPS) is 19.6. The zero-order valence-electron chi connectivity index (χ0n) is 14.0. The lowest BCUT2D eigenvalue weighted by Crippen LogP contribution is -2.17. The second kappa shape index (κ2) is 6.50. The number of nitrogens with one attached hydrogen (secondary N) is 1. The third-order valence-electron chi connectivity index (χ3n) is 4.25. The molecule has 1 aliphatic heterocycles. The Morgan fingerprint density at radius 3 is 2.62 bits per heavy atom. The van der Waals surface area contributed by atoms with Gasteiger partial charge in [-0.2, -0.15) is 5.10 Å². The molecule has 1 N–H and O–H groups in total. The van der Waals surface area contributed by atoms with E-state index in [1.807, 2.05) is 0 Å². The number of anilines is 1. The van der Waals surface area contributed by atoms with Crippen molar-refractivity contribution in [1.82, 2.24) is 9.78 Å². The van der Waals surface area contributed by atoms with E-state index in [1.165, 1.54) is 16.8 Å². The van der Waals surface area contributed by atoms with Gasteiger partial charge in [0.15, 0.2) is 9.84 Å².